The van der Waals surface area contributed by atoms with E-state index in [-0.39, 0.29) is 11.1 Å². The molecule has 0 unspecified atom stereocenters. The number of hydrogen-bond donors (Lipinski definition) is 1. The van der Waals surface area contributed by atoms with Gasteiger partial charge in [0.05, 0.1) is 5.69 Å². The number of benzene rings is 1. The molecule has 0 spiro atoms. The van der Waals surface area contributed by atoms with Crippen LogP contribution in [0.2, 0.25) is 0 Å². The van der Waals surface area contributed by atoms with Crippen LogP contribution >= 0.6 is 0 Å². The van der Waals surface area contributed by atoms with Gasteiger partial charge in [0.25, 0.3) is 11.5 Å². The van der Waals surface area contributed by atoms with Gasteiger partial charge in [-0.3, -0.25) is 14.0 Å². The van der Waals surface area contributed by atoms with Crippen molar-refractivity contribution < 1.29 is 4.79 Å². The lowest BCUT2D eigenvalue weighted by molar-refractivity contribution is 0.102. The highest BCUT2D eigenvalue weighted by Crippen LogP contribution is 2.25. The second kappa shape index (κ2) is 6.53. The number of rotatable bonds is 3. The first-order valence-electron chi connectivity index (χ1n) is 8.41. The summed E-state index contributed by atoms with van der Waals surface area (Å²) >= 11 is 0. The maximum absolute atomic E-state index is 12.6. The number of fused-ring (bicyclic) bond motifs is 1. The van der Waals surface area contributed by atoms with Crippen molar-refractivity contribution in [3.63, 3.8) is 0 Å². The summed E-state index contributed by atoms with van der Waals surface area (Å²) in [5, 5.41) is 2.84. The van der Waals surface area contributed by atoms with Crippen molar-refractivity contribution >= 4 is 17.4 Å². The number of nitrogens with one attached hydrogen (secondary N) is 1. The van der Waals surface area contributed by atoms with Crippen LogP contribution in [0.15, 0.2) is 66.0 Å². The lowest BCUT2D eigenvalue weighted by atomic mass is 10.1. The number of pyridine rings is 1. The van der Waals surface area contributed by atoms with Crippen LogP contribution in [0.25, 0.3) is 17.0 Å². The Balaban J connectivity index is 1.69. The number of amides is 1. The molecule has 27 heavy (non-hydrogen) atoms. The average molecular weight is 359 g/mol. The van der Waals surface area contributed by atoms with E-state index in [2.05, 4.69) is 15.3 Å². The van der Waals surface area contributed by atoms with Gasteiger partial charge in [-0.1, -0.05) is 12.1 Å². The molecule has 0 fully saturated rings. The van der Waals surface area contributed by atoms with Gasteiger partial charge in [0.1, 0.15) is 5.56 Å². The average Bonchev–Trinajstić information content (AvgIpc) is 3.10. The minimum atomic E-state index is -0.437. The molecule has 0 atom stereocenters. The van der Waals surface area contributed by atoms with Crippen molar-refractivity contribution in [3.8, 4) is 11.3 Å². The van der Waals surface area contributed by atoms with Crippen LogP contribution in [0, 0.1) is 6.92 Å². The van der Waals surface area contributed by atoms with Gasteiger partial charge in [-0.15, -0.1) is 0 Å². The van der Waals surface area contributed by atoms with Crippen molar-refractivity contribution in [3.05, 3.63) is 82.7 Å². The number of carbonyl (C=O) groups excluding carboxylic acids is 1. The summed E-state index contributed by atoms with van der Waals surface area (Å²) in [6, 6.07) is 10.7. The normalized spacial score (nSPS) is 10.9. The molecule has 1 aromatic carbocycles. The second-order valence-corrected chi connectivity index (χ2v) is 6.27. The molecule has 0 aliphatic heterocycles. The Bertz CT molecular complexity index is 1190. The van der Waals surface area contributed by atoms with Crippen LogP contribution in [0.5, 0.6) is 0 Å². The number of anilines is 1. The van der Waals surface area contributed by atoms with E-state index in [1.54, 1.807) is 25.5 Å². The van der Waals surface area contributed by atoms with Crippen molar-refractivity contribution in [1.29, 1.82) is 0 Å². The third-order valence-electron chi connectivity index (χ3n) is 4.38. The van der Waals surface area contributed by atoms with E-state index in [9.17, 15) is 9.59 Å². The molecule has 3 aromatic heterocycles. The molecular formula is C20H17N5O2. The lowest BCUT2D eigenvalue weighted by Gasteiger charge is -2.10. The fraction of sp³-hybridized carbons (Fsp3) is 0.100. The van der Waals surface area contributed by atoms with Crippen LogP contribution in [0.3, 0.4) is 0 Å². The van der Waals surface area contributed by atoms with E-state index in [0.717, 1.165) is 16.8 Å². The van der Waals surface area contributed by atoms with Crippen LogP contribution in [0.1, 0.15) is 15.9 Å². The number of carbonyl (C=O) groups is 1. The van der Waals surface area contributed by atoms with Crippen molar-refractivity contribution in [2.45, 2.75) is 6.92 Å². The fourth-order valence-electron chi connectivity index (χ4n) is 2.84. The first-order valence-corrected chi connectivity index (χ1v) is 8.41. The second-order valence-electron chi connectivity index (χ2n) is 6.27. The highest BCUT2D eigenvalue weighted by atomic mass is 16.2. The minimum absolute atomic E-state index is 0.0988. The molecule has 1 amide bonds. The Kier molecular flexibility index (Phi) is 4.04. The number of aryl methyl sites for hydroxylation is 2. The summed E-state index contributed by atoms with van der Waals surface area (Å²) in [6.07, 6.45) is 7.06. The first kappa shape index (κ1) is 16.7. The van der Waals surface area contributed by atoms with Crippen LogP contribution in [-0.2, 0) is 7.05 Å². The predicted molar refractivity (Wildman–Crippen MR) is 103 cm³/mol. The molecule has 0 saturated heterocycles. The quantitative estimate of drug-likeness (QED) is 0.610. The number of imidazole rings is 1. The van der Waals surface area contributed by atoms with Gasteiger partial charge in [-0.25, -0.2) is 9.97 Å². The Hall–Kier alpha value is -3.74. The van der Waals surface area contributed by atoms with Crippen LogP contribution in [0.4, 0.5) is 5.69 Å². The third kappa shape index (κ3) is 3.10. The molecule has 0 bridgehead atoms. The molecule has 7 heteroatoms. The van der Waals surface area contributed by atoms with Gasteiger partial charge < -0.3 is 9.88 Å². The molecule has 0 radical (unpaired) electrons. The Morgan fingerprint density at radius 1 is 1.15 bits per heavy atom. The smallest absolute Gasteiger partial charge is 0.263 e. The Morgan fingerprint density at radius 3 is 2.81 bits per heavy atom. The summed E-state index contributed by atoms with van der Waals surface area (Å²) in [4.78, 5) is 33.5. The molecular weight excluding hydrogens is 342 g/mol. The van der Waals surface area contributed by atoms with Crippen molar-refractivity contribution in [2.24, 2.45) is 7.05 Å². The zero-order chi connectivity index (χ0) is 19.0. The van der Waals surface area contributed by atoms with E-state index in [0.29, 0.717) is 11.5 Å². The summed E-state index contributed by atoms with van der Waals surface area (Å²) in [5.74, 6) is 0.166. The molecule has 4 rings (SSSR count). The standard InChI is InChI=1S/C20H17N5O2/c1-13-6-7-14(17-12-25-10-4-8-21-20(25)23-17)11-16(13)22-18(26)15-5-3-9-24(2)19(15)27/h3-12H,1-2H3,(H,22,26). The summed E-state index contributed by atoms with van der Waals surface area (Å²) in [7, 11) is 1.61. The molecule has 0 aliphatic rings. The first-order chi connectivity index (χ1) is 13.0. The third-order valence-corrected chi connectivity index (χ3v) is 4.38. The largest absolute Gasteiger partial charge is 0.322 e. The molecule has 7 nitrogen and oxygen atoms in total. The summed E-state index contributed by atoms with van der Waals surface area (Å²) < 4.78 is 3.21. The van der Waals surface area contributed by atoms with Gasteiger partial charge in [-0.2, -0.15) is 0 Å². The zero-order valence-electron chi connectivity index (χ0n) is 14.9. The van der Waals surface area contributed by atoms with Crippen LogP contribution < -0.4 is 10.9 Å². The molecule has 134 valence electrons. The van der Waals surface area contributed by atoms with E-state index in [1.807, 2.05) is 48.0 Å². The van der Waals surface area contributed by atoms with Gasteiger partial charge >= 0.3 is 0 Å². The number of hydrogen-bond acceptors (Lipinski definition) is 4. The summed E-state index contributed by atoms with van der Waals surface area (Å²) in [5.41, 5.74) is 2.88. The van der Waals surface area contributed by atoms with Gasteiger partial charge in [0.2, 0.25) is 5.78 Å². The molecule has 3 heterocycles. The molecule has 0 aliphatic carbocycles. The van der Waals surface area contributed by atoms with Gasteiger partial charge in [0, 0.05) is 43.1 Å². The summed E-state index contributed by atoms with van der Waals surface area (Å²) in [6.45, 7) is 1.90. The van der Waals surface area contributed by atoms with Crippen molar-refractivity contribution in [1.82, 2.24) is 18.9 Å². The van der Waals surface area contributed by atoms with E-state index in [1.165, 1.54) is 10.6 Å². The minimum Gasteiger partial charge on any atom is -0.322 e. The van der Waals surface area contributed by atoms with E-state index >= 15 is 0 Å². The van der Waals surface area contributed by atoms with Gasteiger partial charge in [-0.05, 0) is 36.8 Å². The maximum Gasteiger partial charge on any atom is 0.263 e. The maximum atomic E-state index is 12.6. The Morgan fingerprint density at radius 2 is 2.00 bits per heavy atom. The zero-order valence-corrected chi connectivity index (χ0v) is 14.9. The van der Waals surface area contributed by atoms with Gasteiger partial charge in [0.15, 0.2) is 0 Å². The SMILES string of the molecule is Cc1ccc(-c2cn3cccnc3n2)cc1NC(=O)c1cccn(C)c1=O. The van der Waals surface area contributed by atoms with E-state index < -0.39 is 5.91 Å². The molecule has 4 aromatic rings. The monoisotopic (exact) mass is 359 g/mol. The van der Waals surface area contributed by atoms with E-state index in [4.69, 9.17) is 0 Å². The number of aromatic nitrogens is 4. The van der Waals surface area contributed by atoms with Crippen LogP contribution in [-0.4, -0.2) is 24.8 Å². The number of nitrogens with zero attached hydrogens (tertiary/aromatic N) is 4. The topological polar surface area (TPSA) is 81.3 Å². The molecule has 1 N–H and O–H groups in total. The predicted octanol–water partition coefficient (Wildman–Crippen LogP) is 2.66. The highest BCUT2D eigenvalue weighted by molar-refractivity contribution is 6.04. The molecule has 0 saturated carbocycles. The fourth-order valence-corrected chi connectivity index (χ4v) is 2.84. The highest BCUT2D eigenvalue weighted by Gasteiger charge is 2.14. The lowest BCUT2D eigenvalue weighted by Crippen LogP contribution is -2.27. The van der Waals surface area contributed by atoms with Crippen molar-refractivity contribution in [2.75, 3.05) is 5.32 Å². The Labute approximate surface area is 155 Å².